The number of carbonyl (C=O) groups is 2. The summed E-state index contributed by atoms with van der Waals surface area (Å²) in [6.45, 7) is 2.66. The van der Waals surface area contributed by atoms with Crippen LogP contribution in [0.15, 0.2) is 83.3 Å². The van der Waals surface area contributed by atoms with Gasteiger partial charge in [0.05, 0.1) is 10.6 Å². The Morgan fingerprint density at radius 1 is 0.848 bits per heavy atom. The lowest BCUT2D eigenvalue weighted by Gasteiger charge is -2.35. The number of halogens is 1. The molecule has 1 fully saturated rings. The van der Waals surface area contributed by atoms with Crippen LogP contribution in [0.1, 0.15) is 20.9 Å². The fourth-order valence-electron chi connectivity index (χ4n) is 4.01. The van der Waals surface area contributed by atoms with Gasteiger partial charge < -0.3 is 19.5 Å². The van der Waals surface area contributed by atoms with Crippen molar-refractivity contribution in [3.63, 3.8) is 0 Å². The third kappa shape index (κ3) is 4.43. The Balaban J connectivity index is 1.19. The fourth-order valence-corrected chi connectivity index (χ4v) is 4.23. The molecule has 0 aliphatic carbocycles. The second-order valence-corrected chi connectivity index (χ2v) is 8.32. The molecule has 166 valence electrons. The summed E-state index contributed by atoms with van der Waals surface area (Å²) in [5.41, 5.74) is 2.90. The third-order valence-corrected chi connectivity index (χ3v) is 6.14. The number of nitrogens with one attached hydrogen (secondary N) is 1. The predicted molar refractivity (Wildman–Crippen MR) is 130 cm³/mol. The summed E-state index contributed by atoms with van der Waals surface area (Å²) < 4.78 is 5.73. The Bertz CT molecular complexity index is 1270. The lowest BCUT2D eigenvalue weighted by molar-refractivity contribution is 0.0717. The summed E-state index contributed by atoms with van der Waals surface area (Å²) in [6.07, 6.45) is 0. The average molecular weight is 460 g/mol. The zero-order chi connectivity index (χ0) is 22.8. The number of carbonyl (C=O) groups excluding carboxylic acids is 2. The van der Waals surface area contributed by atoms with E-state index in [0.717, 1.165) is 29.7 Å². The normalized spacial score (nSPS) is 13.8. The number of rotatable bonds is 4. The first-order valence-corrected chi connectivity index (χ1v) is 11.1. The van der Waals surface area contributed by atoms with Crippen LogP contribution in [0.5, 0.6) is 0 Å². The minimum atomic E-state index is -0.244. The van der Waals surface area contributed by atoms with Crippen LogP contribution in [-0.4, -0.2) is 42.9 Å². The minimum absolute atomic E-state index is 0.0801. The molecule has 1 N–H and O–H groups in total. The van der Waals surface area contributed by atoms with Crippen molar-refractivity contribution in [3.05, 3.63) is 95.2 Å². The van der Waals surface area contributed by atoms with E-state index in [9.17, 15) is 9.59 Å². The van der Waals surface area contributed by atoms with Gasteiger partial charge in [0.25, 0.3) is 11.8 Å². The molecule has 1 aliphatic rings. The molecule has 33 heavy (non-hydrogen) atoms. The standard InChI is InChI=1S/C26H22ClN3O3/c27-22-7-3-2-6-21(22)25(31)28-19-9-11-20(12-10-19)29-13-15-30(16-14-29)26(32)24-17-18-5-1-4-8-23(18)33-24/h1-12,17H,13-16H2,(H,28,31). The van der Waals surface area contributed by atoms with Gasteiger partial charge in [-0.2, -0.15) is 0 Å². The topological polar surface area (TPSA) is 65.8 Å². The number of nitrogens with zero attached hydrogens (tertiary/aromatic N) is 2. The van der Waals surface area contributed by atoms with E-state index in [1.165, 1.54) is 0 Å². The molecule has 4 aromatic rings. The highest BCUT2D eigenvalue weighted by Crippen LogP contribution is 2.24. The van der Waals surface area contributed by atoms with Crippen LogP contribution in [-0.2, 0) is 0 Å². The van der Waals surface area contributed by atoms with Gasteiger partial charge in [-0.15, -0.1) is 0 Å². The van der Waals surface area contributed by atoms with E-state index in [0.29, 0.717) is 35.1 Å². The van der Waals surface area contributed by atoms with Crippen LogP contribution in [0, 0.1) is 0 Å². The molecule has 0 radical (unpaired) electrons. The third-order valence-electron chi connectivity index (χ3n) is 5.81. The Kier molecular flexibility index (Phi) is 5.75. The van der Waals surface area contributed by atoms with Crippen LogP contribution in [0.25, 0.3) is 11.0 Å². The number of piperazine rings is 1. The van der Waals surface area contributed by atoms with Gasteiger partial charge >= 0.3 is 0 Å². The molecule has 0 bridgehead atoms. The Morgan fingerprint density at radius 3 is 2.27 bits per heavy atom. The van der Waals surface area contributed by atoms with Crippen LogP contribution >= 0.6 is 11.6 Å². The summed E-state index contributed by atoms with van der Waals surface area (Å²) in [6, 6.07) is 24.1. The highest BCUT2D eigenvalue weighted by molar-refractivity contribution is 6.34. The van der Waals surface area contributed by atoms with Crippen molar-refractivity contribution in [2.24, 2.45) is 0 Å². The number of para-hydroxylation sites is 1. The van der Waals surface area contributed by atoms with E-state index in [-0.39, 0.29) is 11.8 Å². The molecular formula is C26H22ClN3O3. The van der Waals surface area contributed by atoms with E-state index in [4.69, 9.17) is 16.0 Å². The second-order valence-electron chi connectivity index (χ2n) is 7.91. The molecule has 0 saturated carbocycles. The number of hydrogen-bond donors (Lipinski definition) is 1. The first-order valence-electron chi connectivity index (χ1n) is 10.8. The molecule has 5 rings (SSSR count). The molecule has 1 aliphatic heterocycles. The molecule has 1 aromatic heterocycles. The second kappa shape index (κ2) is 9.00. The van der Waals surface area contributed by atoms with Crippen molar-refractivity contribution >= 4 is 45.8 Å². The van der Waals surface area contributed by atoms with Crippen molar-refractivity contribution < 1.29 is 14.0 Å². The van der Waals surface area contributed by atoms with Gasteiger partial charge in [0, 0.05) is 42.9 Å². The van der Waals surface area contributed by atoms with E-state index >= 15 is 0 Å². The predicted octanol–water partition coefficient (Wildman–Crippen LogP) is 5.30. The van der Waals surface area contributed by atoms with E-state index in [2.05, 4.69) is 10.2 Å². The van der Waals surface area contributed by atoms with Gasteiger partial charge in [0.1, 0.15) is 5.58 Å². The summed E-state index contributed by atoms with van der Waals surface area (Å²) in [7, 11) is 0. The van der Waals surface area contributed by atoms with Gasteiger partial charge in [-0.25, -0.2) is 0 Å². The molecule has 0 atom stereocenters. The van der Waals surface area contributed by atoms with Crippen molar-refractivity contribution in [2.75, 3.05) is 36.4 Å². The van der Waals surface area contributed by atoms with Gasteiger partial charge in [0.2, 0.25) is 0 Å². The maximum absolute atomic E-state index is 12.9. The highest BCUT2D eigenvalue weighted by atomic mass is 35.5. The monoisotopic (exact) mass is 459 g/mol. The fraction of sp³-hybridized carbons (Fsp3) is 0.154. The molecule has 0 unspecified atom stereocenters. The zero-order valence-electron chi connectivity index (χ0n) is 17.8. The molecule has 7 heteroatoms. The average Bonchev–Trinajstić information content (AvgIpc) is 3.29. The van der Waals surface area contributed by atoms with Gasteiger partial charge in [-0.3, -0.25) is 9.59 Å². The van der Waals surface area contributed by atoms with Crippen molar-refractivity contribution in [3.8, 4) is 0 Å². The van der Waals surface area contributed by atoms with Crippen molar-refractivity contribution in [1.82, 2.24) is 4.90 Å². The van der Waals surface area contributed by atoms with Crippen LogP contribution in [0.4, 0.5) is 11.4 Å². The quantitative estimate of drug-likeness (QED) is 0.449. The van der Waals surface area contributed by atoms with E-state index < -0.39 is 0 Å². The lowest BCUT2D eigenvalue weighted by Crippen LogP contribution is -2.48. The largest absolute Gasteiger partial charge is 0.451 e. The maximum Gasteiger partial charge on any atom is 0.289 e. The molecule has 3 aromatic carbocycles. The minimum Gasteiger partial charge on any atom is -0.451 e. The van der Waals surface area contributed by atoms with Crippen LogP contribution < -0.4 is 10.2 Å². The molecule has 2 amide bonds. The van der Waals surface area contributed by atoms with Crippen LogP contribution in [0.2, 0.25) is 5.02 Å². The number of anilines is 2. The van der Waals surface area contributed by atoms with Gasteiger partial charge in [-0.05, 0) is 48.5 Å². The Morgan fingerprint density at radius 2 is 1.55 bits per heavy atom. The highest BCUT2D eigenvalue weighted by Gasteiger charge is 2.24. The maximum atomic E-state index is 12.9. The van der Waals surface area contributed by atoms with Crippen molar-refractivity contribution in [2.45, 2.75) is 0 Å². The summed E-state index contributed by atoms with van der Waals surface area (Å²) in [5.74, 6) is 0.0535. The SMILES string of the molecule is O=C(Nc1ccc(N2CCN(C(=O)c3cc4ccccc4o3)CC2)cc1)c1ccccc1Cl. The van der Waals surface area contributed by atoms with E-state index in [1.807, 2.05) is 53.4 Å². The first-order chi connectivity index (χ1) is 16.1. The zero-order valence-corrected chi connectivity index (χ0v) is 18.6. The number of fused-ring (bicyclic) bond motifs is 1. The smallest absolute Gasteiger partial charge is 0.289 e. The lowest BCUT2D eigenvalue weighted by atomic mass is 10.2. The number of furan rings is 1. The summed E-state index contributed by atoms with van der Waals surface area (Å²) >= 11 is 6.10. The number of benzene rings is 3. The number of hydrogen-bond acceptors (Lipinski definition) is 4. The van der Waals surface area contributed by atoms with Gasteiger partial charge in [-0.1, -0.05) is 41.9 Å². The summed E-state index contributed by atoms with van der Waals surface area (Å²) in [5, 5.41) is 4.22. The molecular weight excluding hydrogens is 438 g/mol. The molecule has 0 spiro atoms. The van der Waals surface area contributed by atoms with Crippen molar-refractivity contribution in [1.29, 1.82) is 0 Å². The van der Waals surface area contributed by atoms with Gasteiger partial charge in [0.15, 0.2) is 5.76 Å². The molecule has 1 saturated heterocycles. The Hall–Kier alpha value is -3.77. The molecule has 2 heterocycles. The number of amides is 2. The van der Waals surface area contributed by atoms with E-state index in [1.54, 1.807) is 30.3 Å². The van der Waals surface area contributed by atoms with Crippen LogP contribution in [0.3, 0.4) is 0 Å². The Labute approximate surface area is 196 Å². The summed E-state index contributed by atoms with van der Waals surface area (Å²) in [4.78, 5) is 29.4. The molecule has 6 nitrogen and oxygen atoms in total. The first kappa shape index (κ1) is 21.1.